The van der Waals surface area contributed by atoms with Gasteiger partial charge in [0.25, 0.3) is 5.69 Å². The molecule has 0 saturated carbocycles. The molecule has 2 N–H and O–H groups in total. The highest BCUT2D eigenvalue weighted by molar-refractivity contribution is 6.31. The van der Waals surface area contributed by atoms with Crippen molar-refractivity contribution in [1.29, 1.82) is 0 Å². The number of esters is 1. The number of hydrogen-bond acceptors (Lipinski definition) is 5. The molecule has 1 aromatic rings. The molecular formula is C11H13Cl2FN2O4. The Kier molecular flexibility index (Phi) is 7.41. The van der Waals surface area contributed by atoms with E-state index in [0.717, 1.165) is 12.1 Å². The lowest BCUT2D eigenvalue weighted by Crippen LogP contribution is -2.31. The Balaban J connectivity index is 0.00000361. The number of benzene rings is 1. The Morgan fingerprint density at radius 2 is 2.20 bits per heavy atom. The summed E-state index contributed by atoms with van der Waals surface area (Å²) in [6, 6.07) is 2.01. The van der Waals surface area contributed by atoms with Crippen LogP contribution in [0.4, 0.5) is 10.1 Å². The molecule has 1 rings (SSSR count). The third kappa shape index (κ3) is 4.29. The predicted octanol–water partition coefficient (Wildman–Crippen LogP) is 2.57. The van der Waals surface area contributed by atoms with Gasteiger partial charge in [0.05, 0.1) is 17.6 Å². The minimum atomic E-state index is -2.14. The molecule has 0 spiro atoms. The summed E-state index contributed by atoms with van der Waals surface area (Å²) in [5.74, 6) is -1.13. The van der Waals surface area contributed by atoms with Crippen LogP contribution in [-0.2, 0) is 9.53 Å². The highest BCUT2D eigenvalue weighted by Gasteiger charge is 2.30. The summed E-state index contributed by atoms with van der Waals surface area (Å²) in [5, 5.41) is 10.7. The van der Waals surface area contributed by atoms with E-state index in [4.69, 9.17) is 17.3 Å². The van der Waals surface area contributed by atoms with Gasteiger partial charge in [0, 0.05) is 17.2 Å². The molecule has 0 aliphatic rings. The highest BCUT2D eigenvalue weighted by atomic mass is 35.5. The van der Waals surface area contributed by atoms with Gasteiger partial charge in [-0.15, -0.1) is 12.4 Å². The van der Waals surface area contributed by atoms with Gasteiger partial charge in [-0.05, 0) is 18.6 Å². The second-order valence-electron chi connectivity index (χ2n) is 3.64. The summed E-state index contributed by atoms with van der Waals surface area (Å²) in [4.78, 5) is 21.2. The van der Waals surface area contributed by atoms with Crippen LogP contribution in [0.2, 0.25) is 5.02 Å². The zero-order chi connectivity index (χ0) is 14.6. The van der Waals surface area contributed by atoms with Gasteiger partial charge in [0.15, 0.2) is 0 Å². The number of non-ortho nitro benzene ring substituents is 1. The van der Waals surface area contributed by atoms with E-state index in [1.54, 1.807) is 0 Å². The minimum absolute atomic E-state index is 0. The zero-order valence-corrected chi connectivity index (χ0v) is 12.0. The molecule has 0 aliphatic carbocycles. The standard InChI is InChI=1S/C11H12ClFN2O4.ClH/c1-2-19-11(16)9(13)10(14)7-5-6(15(17)18)3-4-8(7)12;/h3-5,9-10H,2,14H2,1H3;1H/t9?,10-;/m1./s1. The van der Waals surface area contributed by atoms with E-state index < -0.39 is 23.1 Å². The number of halogens is 3. The van der Waals surface area contributed by atoms with Gasteiger partial charge < -0.3 is 10.5 Å². The molecule has 0 radical (unpaired) electrons. The molecule has 0 bridgehead atoms. The Morgan fingerprint density at radius 3 is 2.70 bits per heavy atom. The van der Waals surface area contributed by atoms with Crippen LogP contribution in [0.15, 0.2) is 18.2 Å². The monoisotopic (exact) mass is 326 g/mol. The number of hydrogen-bond donors (Lipinski definition) is 1. The maximum Gasteiger partial charge on any atom is 0.342 e. The number of carbonyl (C=O) groups is 1. The van der Waals surface area contributed by atoms with Crippen LogP contribution >= 0.6 is 24.0 Å². The minimum Gasteiger partial charge on any atom is -0.464 e. The lowest BCUT2D eigenvalue weighted by Gasteiger charge is -2.16. The van der Waals surface area contributed by atoms with Crippen molar-refractivity contribution >= 4 is 35.7 Å². The van der Waals surface area contributed by atoms with Crippen LogP contribution in [0.25, 0.3) is 0 Å². The van der Waals surface area contributed by atoms with E-state index in [1.807, 2.05) is 0 Å². The zero-order valence-electron chi connectivity index (χ0n) is 10.4. The van der Waals surface area contributed by atoms with Crippen molar-refractivity contribution in [2.45, 2.75) is 19.1 Å². The third-order valence-corrected chi connectivity index (χ3v) is 2.72. The molecule has 0 heterocycles. The summed E-state index contributed by atoms with van der Waals surface area (Å²) < 4.78 is 18.2. The van der Waals surface area contributed by atoms with Crippen molar-refractivity contribution < 1.29 is 18.8 Å². The molecule has 6 nitrogen and oxygen atoms in total. The molecule has 1 unspecified atom stereocenters. The van der Waals surface area contributed by atoms with Gasteiger partial charge >= 0.3 is 5.97 Å². The number of alkyl halides is 1. The van der Waals surface area contributed by atoms with Crippen molar-refractivity contribution in [1.82, 2.24) is 0 Å². The fourth-order valence-corrected chi connectivity index (χ4v) is 1.67. The summed E-state index contributed by atoms with van der Waals surface area (Å²) in [6.07, 6.45) is -2.14. The first-order chi connectivity index (χ1) is 8.88. The smallest absolute Gasteiger partial charge is 0.342 e. The predicted molar refractivity (Wildman–Crippen MR) is 73.8 cm³/mol. The average molecular weight is 327 g/mol. The van der Waals surface area contributed by atoms with Gasteiger partial charge in [-0.25, -0.2) is 9.18 Å². The number of carbonyl (C=O) groups excluding carboxylic acids is 1. The van der Waals surface area contributed by atoms with Crippen LogP contribution in [0.1, 0.15) is 18.5 Å². The van der Waals surface area contributed by atoms with E-state index in [0.29, 0.717) is 0 Å². The molecule has 20 heavy (non-hydrogen) atoms. The molecule has 2 atom stereocenters. The van der Waals surface area contributed by atoms with Gasteiger partial charge in [-0.1, -0.05) is 11.6 Å². The molecule has 0 amide bonds. The molecule has 0 fully saturated rings. The van der Waals surface area contributed by atoms with Gasteiger partial charge in [-0.2, -0.15) is 0 Å². The maximum atomic E-state index is 13.7. The van der Waals surface area contributed by atoms with Crippen molar-refractivity contribution in [3.8, 4) is 0 Å². The van der Waals surface area contributed by atoms with E-state index in [9.17, 15) is 19.3 Å². The molecular weight excluding hydrogens is 314 g/mol. The Bertz CT molecular complexity index is 501. The van der Waals surface area contributed by atoms with Crippen molar-refractivity contribution in [2.75, 3.05) is 6.61 Å². The first-order valence-electron chi connectivity index (χ1n) is 5.38. The van der Waals surface area contributed by atoms with E-state index in [-0.39, 0.29) is 35.3 Å². The molecule has 1 aromatic carbocycles. The van der Waals surface area contributed by atoms with Gasteiger partial charge in [-0.3, -0.25) is 10.1 Å². The Labute approximate surface area is 125 Å². The second kappa shape index (κ2) is 7.98. The molecule has 0 aromatic heterocycles. The number of nitrogens with two attached hydrogens (primary N) is 1. The van der Waals surface area contributed by atoms with Gasteiger partial charge in [0.2, 0.25) is 6.17 Å². The Hall–Kier alpha value is -1.44. The first kappa shape index (κ1) is 18.6. The van der Waals surface area contributed by atoms with Crippen LogP contribution in [0, 0.1) is 10.1 Å². The van der Waals surface area contributed by atoms with Crippen molar-refractivity contribution in [3.63, 3.8) is 0 Å². The first-order valence-corrected chi connectivity index (χ1v) is 5.76. The van der Waals surface area contributed by atoms with E-state index in [1.165, 1.54) is 13.0 Å². The number of ether oxygens (including phenoxy) is 1. The van der Waals surface area contributed by atoms with E-state index >= 15 is 0 Å². The number of nitro groups is 1. The average Bonchev–Trinajstić information content (AvgIpc) is 2.37. The summed E-state index contributed by atoms with van der Waals surface area (Å²) in [7, 11) is 0. The lowest BCUT2D eigenvalue weighted by molar-refractivity contribution is -0.384. The highest BCUT2D eigenvalue weighted by Crippen LogP contribution is 2.29. The normalized spacial score (nSPS) is 13.0. The van der Waals surface area contributed by atoms with Crippen LogP contribution in [0.5, 0.6) is 0 Å². The Morgan fingerprint density at radius 1 is 1.60 bits per heavy atom. The van der Waals surface area contributed by atoms with E-state index in [2.05, 4.69) is 4.74 Å². The SMILES string of the molecule is CCOC(=O)C(F)[C@H](N)c1cc([N+](=O)[O-])ccc1Cl.Cl. The van der Waals surface area contributed by atoms with Crippen LogP contribution in [-0.4, -0.2) is 23.7 Å². The number of nitro benzene ring substituents is 1. The molecule has 9 heteroatoms. The number of nitrogens with zero attached hydrogens (tertiary/aromatic N) is 1. The largest absolute Gasteiger partial charge is 0.464 e. The maximum absolute atomic E-state index is 13.7. The van der Waals surface area contributed by atoms with Crippen LogP contribution < -0.4 is 5.73 Å². The molecule has 0 aliphatic heterocycles. The topological polar surface area (TPSA) is 95.5 Å². The third-order valence-electron chi connectivity index (χ3n) is 2.38. The van der Waals surface area contributed by atoms with Crippen LogP contribution in [0.3, 0.4) is 0 Å². The summed E-state index contributed by atoms with van der Waals surface area (Å²) >= 11 is 5.80. The molecule has 0 saturated heterocycles. The fraction of sp³-hybridized carbons (Fsp3) is 0.364. The van der Waals surface area contributed by atoms with Crippen molar-refractivity contribution in [2.24, 2.45) is 5.73 Å². The number of rotatable bonds is 5. The summed E-state index contributed by atoms with van der Waals surface area (Å²) in [6.45, 7) is 1.53. The van der Waals surface area contributed by atoms with Crippen molar-refractivity contribution in [3.05, 3.63) is 38.9 Å². The fourth-order valence-electron chi connectivity index (χ4n) is 1.43. The molecule has 112 valence electrons. The second-order valence-corrected chi connectivity index (χ2v) is 4.05. The lowest BCUT2D eigenvalue weighted by atomic mass is 10.0. The summed E-state index contributed by atoms with van der Waals surface area (Å²) in [5.41, 5.74) is 5.25. The quantitative estimate of drug-likeness (QED) is 0.509. The van der Waals surface area contributed by atoms with Gasteiger partial charge in [0.1, 0.15) is 0 Å².